The third kappa shape index (κ3) is 4.73. The number of aryl methyl sites for hydroxylation is 1. The van der Waals surface area contributed by atoms with Crippen LogP contribution in [0.2, 0.25) is 5.02 Å². The first-order valence-electron chi connectivity index (χ1n) is 8.11. The molecule has 1 amide bonds. The van der Waals surface area contributed by atoms with Gasteiger partial charge in [0.25, 0.3) is 5.91 Å². The number of rotatable bonds is 6. The molecule has 0 aromatic heterocycles. The Morgan fingerprint density at radius 2 is 1.70 bits per heavy atom. The van der Waals surface area contributed by atoms with Gasteiger partial charge in [-0.25, -0.2) is 8.42 Å². The second kappa shape index (κ2) is 8.19. The summed E-state index contributed by atoms with van der Waals surface area (Å²) in [6, 6.07) is 7.31. The minimum absolute atomic E-state index is 0.0343. The minimum Gasteiger partial charge on any atom is -0.493 e. The van der Waals surface area contributed by atoms with Crippen molar-refractivity contribution < 1.29 is 22.7 Å². The van der Waals surface area contributed by atoms with Gasteiger partial charge in [-0.2, -0.15) is 0 Å². The fourth-order valence-electron chi connectivity index (χ4n) is 2.72. The molecule has 1 N–H and O–H groups in total. The van der Waals surface area contributed by atoms with Gasteiger partial charge < -0.3 is 14.8 Å². The van der Waals surface area contributed by atoms with Crippen LogP contribution in [0.1, 0.15) is 34.5 Å². The van der Waals surface area contributed by atoms with Gasteiger partial charge >= 0.3 is 0 Å². The maximum absolute atomic E-state index is 12.7. The number of carbonyl (C=O) groups is 1. The SMILES string of the molecule is COc1cc(C)c(C(C)NC(=O)c2cc(S(C)(=O)=O)ccc2Cl)cc1OC. The first-order valence-corrected chi connectivity index (χ1v) is 10.4. The van der Waals surface area contributed by atoms with Gasteiger partial charge in [-0.1, -0.05) is 11.6 Å². The van der Waals surface area contributed by atoms with E-state index in [1.165, 1.54) is 25.3 Å². The van der Waals surface area contributed by atoms with Crippen molar-refractivity contribution in [2.45, 2.75) is 24.8 Å². The molecule has 1 atom stereocenters. The first-order chi connectivity index (χ1) is 12.6. The molecular formula is C19H22ClNO5S. The lowest BCUT2D eigenvalue weighted by Gasteiger charge is -2.19. The highest BCUT2D eigenvalue weighted by Crippen LogP contribution is 2.33. The number of hydrogen-bond donors (Lipinski definition) is 1. The molecule has 1 unspecified atom stereocenters. The van der Waals surface area contributed by atoms with Crippen molar-refractivity contribution >= 4 is 27.3 Å². The summed E-state index contributed by atoms with van der Waals surface area (Å²) in [5.41, 5.74) is 1.86. The molecule has 6 nitrogen and oxygen atoms in total. The quantitative estimate of drug-likeness (QED) is 0.785. The predicted octanol–water partition coefficient (Wildman–Crippen LogP) is 3.56. The van der Waals surface area contributed by atoms with E-state index in [1.807, 2.05) is 19.9 Å². The van der Waals surface area contributed by atoms with Gasteiger partial charge in [0, 0.05) is 6.26 Å². The predicted molar refractivity (Wildman–Crippen MR) is 105 cm³/mol. The van der Waals surface area contributed by atoms with Crippen LogP contribution in [0.5, 0.6) is 11.5 Å². The summed E-state index contributed by atoms with van der Waals surface area (Å²) in [5, 5.41) is 3.02. The van der Waals surface area contributed by atoms with Crippen molar-refractivity contribution in [1.82, 2.24) is 5.32 Å². The molecular weight excluding hydrogens is 390 g/mol. The van der Waals surface area contributed by atoms with Crippen LogP contribution in [0.4, 0.5) is 0 Å². The molecule has 0 bridgehead atoms. The standard InChI is InChI=1S/C19H22ClNO5S/c1-11-8-17(25-3)18(26-4)10-14(11)12(2)21-19(22)15-9-13(27(5,23)24)6-7-16(15)20/h6-10,12H,1-5H3,(H,21,22). The molecule has 2 rings (SSSR count). The van der Waals surface area contributed by atoms with Crippen LogP contribution in [0.3, 0.4) is 0 Å². The van der Waals surface area contributed by atoms with Crippen LogP contribution in [0.25, 0.3) is 0 Å². The number of ether oxygens (including phenoxy) is 2. The summed E-state index contributed by atoms with van der Waals surface area (Å²) in [6.07, 6.45) is 1.08. The summed E-state index contributed by atoms with van der Waals surface area (Å²) in [4.78, 5) is 12.7. The lowest BCUT2D eigenvalue weighted by atomic mass is 10.0. The summed E-state index contributed by atoms with van der Waals surface area (Å²) >= 11 is 6.10. The van der Waals surface area contributed by atoms with Crippen LogP contribution in [-0.4, -0.2) is 34.8 Å². The van der Waals surface area contributed by atoms with Gasteiger partial charge in [0.15, 0.2) is 21.3 Å². The van der Waals surface area contributed by atoms with E-state index in [0.717, 1.165) is 17.4 Å². The third-order valence-electron chi connectivity index (χ3n) is 4.20. The number of amides is 1. The highest BCUT2D eigenvalue weighted by molar-refractivity contribution is 7.90. The maximum atomic E-state index is 12.7. The van der Waals surface area contributed by atoms with Crippen LogP contribution in [-0.2, 0) is 9.84 Å². The molecule has 8 heteroatoms. The number of methoxy groups -OCH3 is 2. The second-order valence-corrected chi connectivity index (χ2v) is 8.60. The van der Waals surface area contributed by atoms with Crippen molar-refractivity contribution in [1.29, 1.82) is 0 Å². The number of halogens is 1. The van der Waals surface area contributed by atoms with Crippen LogP contribution < -0.4 is 14.8 Å². The van der Waals surface area contributed by atoms with Crippen LogP contribution in [0.15, 0.2) is 35.2 Å². The maximum Gasteiger partial charge on any atom is 0.253 e. The average Bonchev–Trinajstić information content (AvgIpc) is 2.60. The Bertz CT molecular complexity index is 972. The smallest absolute Gasteiger partial charge is 0.253 e. The molecule has 0 aliphatic rings. The zero-order valence-electron chi connectivity index (χ0n) is 15.8. The van der Waals surface area contributed by atoms with E-state index >= 15 is 0 Å². The fraction of sp³-hybridized carbons (Fsp3) is 0.316. The van der Waals surface area contributed by atoms with Crippen molar-refractivity contribution in [2.75, 3.05) is 20.5 Å². The molecule has 0 saturated heterocycles. The highest BCUT2D eigenvalue weighted by atomic mass is 35.5. The highest BCUT2D eigenvalue weighted by Gasteiger charge is 2.20. The van der Waals surface area contributed by atoms with E-state index < -0.39 is 15.7 Å². The Hall–Kier alpha value is -2.25. The number of benzene rings is 2. The third-order valence-corrected chi connectivity index (χ3v) is 5.64. The molecule has 0 aliphatic heterocycles. The van der Waals surface area contributed by atoms with Gasteiger partial charge in [-0.15, -0.1) is 0 Å². The van der Waals surface area contributed by atoms with Gasteiger partial charge in [0.2, 0.25) is 0 Å². The van der Waals surface area contributed by atoms with E-state index in [9.17, 15) is 13.2 Å². The van der Waals surface area contributed by atoms with Crippen molar-refractivity contribution in [3.63, 3.8) is 0 Å². The monoisotopic (exact) mass is 411 g/mol. The van der Waals surface area contributed by atoms with E-state index in [0.29, 0.717) is 11.5 Å². The van der Waals surface area contributed by atoms with Gasteiger partial charge in [0.1, 0.15) is 0 Å². The van der Waals surface area contributed by atoms with E-state index in [4.69, 9.17) is 21.1 Å². The molecule has 146 valence electrons. The van der Waals surface area contributed by atoms with Crippen molar-refractivity contribution in [3.8, 4) is 11.5 Å². The summed E-state index contributed by atoms with van der Waals surface area (Å²) in [6.45, 7) is 3.72. The van der Waals surface area contributed by atoms with Crippen LogP contribution >= 0.6 is 11.6 Å². The van der Waals surface area contributed by atoms with Gasteiger partial charge in [-0.3, -0.25) is 4.79 Å². The zero-order valence-corrected chi connectivity index (χ0v) is 17.4. The summed E-state index contributed by atoms with van der Waals surface area (Å²) < 4.78 is 34.1. The summed E-state index contributed by atoms with van der Waals surface area (Å²) in [5.74, 6) is 0.685. The van der Waals surface area contributed by atoms with Gasteiger partial charge in [-0.05, 0) is 55.3 Å². The molecule has 0 radical (unpaired) electrons. The number of nitrogens with one attached hydrogen (secondary N) is 1. The number of hydrogen-bond acceptors (Lipinski definition) is 5. The van der Waals surface area contributed by atoms with Crippen LogP contribution in [0, 0.1) is 6.92 Å². The molecule has 2 aromatic carbocycles. The van der Waals surface area contributed by atoms with Crippen molar-refractivity contribution in [2.24, 2.45) is 0 Å². The molecule has 2 aromatic rings. The number of carbonyl (C=O) groups excluding carboxylic acids is 1. The topological polar surface area (TPSA) is 81.7 Å². The lowest BCUT2D eigenvalue weighted by Crippen LogP contribution is -2.27. The molecule has 0 spiro atoms. The van der Waals surface area contributed by atoms with E-state index in [-0.39, 0.29) is 21.5 Å². The van der Waals surface area contributed by atoms with Gasteiger partial charge in [0.05, 0.1) is 35.7 Å². The fourth-order valence-corrected chi connectivity index (χ4v) is 3.57. The average molecular weight is 412 g/mol. The molecule has 0 saturated carbocycles. The zero-order chi connectivity index (χ0) is 20.4. The number of sulfone groups is 1. The lowest BCUT2D eigenvalue weighted by molar-refractivity contribution is 0.0939. The Morgan fingerprint density at radius 3 is 2.26 bits per heavy atom. The molecule has 0 fully saturated rings. The Labute approximate surface area is 164 Å². The summed E-state index contributed by atoms with van der Waals surface area (Å²) in [7, 11) is -0.356. The Kier molecular flexibility index (Phi) is 6.38. The Morgan fingerprint density at radius 1 is 1.11 bits per heavy atom. The molecule has 0 heterocycles. The minimum atomic E-state index is -3.45. The second-order valence-electron chi connectivity index (χ2n) is 6.17. The Balaban J connectivity index is 2.34. The normalized spacial score (nSPS) is 12.4. The van der Waals surface area contributed by atoms with E-state index in [2.05, 4.69) is 5.32 Å². The first kappa shape index (κ1) is 21.1. The van der Waals surface area contributed by atoms with Crippen molar-refractivity contribution in [3.05, 3.63) is 52.0 Å². The van der Waals surface area contributed by atoms with E-state index in [1.54, 1.807) is 13.2 Å². The largest absolute Gasteiger partial charge is 0.493 e. The molecule has 27 heavy (non-hydrogen) atoms. The molecule has 0 aliphatic carbocycles.